The van der Waals surface area contributed by atoms with Gasteiger partial charge in [-0.3, -0.25) is 0 Å². The van der Waals surface area contributed by atoms with Crippen LogP contribution in [0, 0.1) is 0 Å². The molecule has 0 amide bonds. The largest absolute Gasteiger partial charge is 0.375 e. The molecule has 20 heavy (non-hydrogen) atoms. The summed E-state index contributed by atoms with van der Waals surface area (Å²) in [6.45, 7) is 1.91. The third-order valence-corrected chi connectivity index (χ3v) is 5.39. The van der Waals surface area contributed by atoms with Crippen molar-refractivity contribution in [1.29, 1.82) is 0 Å². The van der Waals surface area contributed by atoms with Gasteiger partial charge in [-0.25, -0.2) is 0 Å². The van der Waals surface area contributed by atoms with Crippen LogP contribution in [-0.2, 0) is 11.2 Å². The quantitative estimate of drug-likeness (QED) is 0.853. The van der Waals surface area contributed by atoms with Crippen LogP contribution in [0.1, 0.15) is 37.7 Å². The third-order valence-electron chi connectivity index (χ3n) is 5.39. The van der Waals surface area contributed by atoms with Crippen LogP contribution in [0.3, 0.4) is 0 Å². The molecule has 1 saturated carbocycles. The lowest BCUT2D eigenvalue weighted by Crippen LogP contribution is -2.55. The minimum Gasteiger partial charge on any atom is -0.375 e. The van der Waals surface area contributed by atoms with Gasteiger partial charge < -0.3 is 15.4 Å². The fourth-order valence-corrected chi connectivity index (χ4v) is 4.19. The van der Waals surface area contributed by atoms with Gasteiger partial charge in [-0.05, 0) is 50.2 Å². The molecular formula is C17H24N2O. The van der Waals surface area contributed by atoms with Crippen molar-refractivity contribution in [2.24, 2.45) is 5.73 Å². The molecule has 2 N–H and O–H groups in total. The van der Waals surface area contributed by atoms with Gasteiger partial charge in [0.1, 0.15) is 0 Å². The first-order chi connectivity index (χ1) is 9.76. The van der Waals surface area contributed by atoms with E-state index in [4.69, 9.17) is 10.5 Å². The zero-order valence-electron chi connectivity index (χ0n) is 12.1. The molecular weight excluding hydrogens is 248 g/mol. The third kappa shape index (κ3) is 2.04. The van der Waals surface area contributed by atoms with E-state index in [1.165, 1.54) is 36.9 Å². The summed E-state index contributed by atoms with van der Waals surface area (Å²) in [6.07, 6.45) is 7.19. The van der Waals surface area contributed by atoms with Gasteiger partial charge in [-0.2, -0.15) is 0 Å². The van der Waals surface area contributed by atoms with Crippen LogP contribution >= 0.6 is 0 Å². The lowest BCUT2D eigenvalue weighted by atomic mass is 9.73. The van der Waals surface area contributed by atoms with Crippen LogP contribution in [0.15, 0.2) is 24.3 Å². The van der Waals surface area contributed by atoms with E-state index < -0.39 is 0 Å². The highest BCUT2D eigenvalue weighted by Crippen LogP contribution is 2.44. The van der Waals surface area contributed by atoms with E-state index in [1.807, 2.05) is 0 Å². The molecule has 4 rings (SSSR count). The Bertz CT molecular complexity index is 498. The summed E-state index contributed by atoms with van der Waals surface area (Å²) in [5.41, 5.74) is 9.33. The maximum atomic E-state index is 6.29. The first-order valence-corrected chi connectivity index (χ1v) is 8.00. The molecule has 1 aromatic rings. The first-order valence-electron chi connectivity index (χ1n) is 8.00. The number of benzene rings is 1. The van der Waals surface area contributed by atoms with Crippen molar-refractivity contribution >= 4 is 5.69 Å². The minimum atomic E-state index is 0.208. The summed E-state index contributed by atoms with van der Waals surface area (Å²) in [5, 5.41) is 0. The van der Waals surface area contributed by atoms with Crippen molar-refractivity contribution in [3.05, 3.63) is 29.8 Å². The van der Waals surface area contributed by atoms with Gasteiger partial charge in [0.2, 0.25) is 0 Å². The molecule has 2 aliphatic heterocycles. The Morgan fingerprint density at radius 3 is 2.90 bits per heavy atom. The highest BCUT2D eigenvalue weighted by Gasteiger charge is 2.44. The summed E-state index contributed by atoms with van der Waals surface area (Å²) < 4.78 is 6.08. The smallest absolute Gasteiger partial charge is 0.0702 e. The van der Waals surface area contributed by atoms with E-state index in [1.54, 1.807) is 0 Å². The van der Waals surface area contributed by atoms with Gasteiger partial charge in [0.25, 0.3) is 0 Å². The number of hydrogen-bond donors (Lipinski definition) is 1. The van der Waals surface area contributed by atoms with E-state index in [0.29, 0.717) is 6.04 Å². The maximum Gasteiger partial charge on any atom is 0.0702 e. The molecule has 1 aliphatic carbocycles. The lowest BCUT2D eigenvalue weighted by Gasteiger charge is -2.51. The lowest BCUT2D eigenvalue weighted by molar-refractivity contribution is -0.132. The average Bonchev–Trinajstić information content (AvgIpc) is 2.45. The second kappa shape index (κ2) is 4.74. The highest BCUT2D eigenvalue weighted by molar-refractivity contribution is 5.57. The Morgan fingerprint density at radius 1 is 1.25 bits per heavy atom. The van der Waals surface area contributed by atoms with Crippen molar-refractivity contribution in [2.75, 3.05) is 18.1 Å². The van der Waals surface area contributed by atoms with Crippen LogP contribution in [0.25, 0.3) is 0 Å². The van der Waals surface area contributed by atoms with E-state index in [0.717, 1.165) is 26.0 Å². The second-order valence-corrected chi connectivity index (χ2v) is 6.78. The Morgan fingerprint density at radius 2 is 2.10 bits per heavy atom. The molecule has 1 spiro atoms. The fraction of sp³-hybridized carbons (Fsp3) is 0.647. The molecule has 2 unspecified atom stereocenters. The standard InChI is InChI=1S/C17H24N2O/c18-14-10-13-4-1-2-5-16(13)19(12-14)15-6-9-20-17(11-15)7-3-8-17/h1-2,4-5,14-15H,3,6-12,18H2. The molecule has 108 valence electrons. The number of hydrogen-bond acceptors (Lipinski definition) is 3. The summed E-state index contributed by atoms with van der Waals surface area (Å²) in [7, 11) is 0. The number of nitrogens with two attached hydrogens (primary N) is 1. The SMILES string of the molecule is NC1Cc2ccccc2N(C2CCOC3(CCC3)C2)C1. The predicted molar refractivity (Wildman–Crippen MR) is 81.0 cm³/mol. The molecule has 1 aromatic carbocycles. The van der Waals surface area contributed by atoms with Crippen LogP contribution in [-0.4, -0.2) is 30.8 Å². The van der Waals surface area contributed by atoms with Gasteiger partial charge in [0.05, 0.1) is 5.60 Å². The van der Waals surface area contributed by atoms with Crippen LogP contribution in [0.2, 0.25) is 0 Å². The minimum absolute atomic E-state index is 0.208. The zero-order valence-corrected chi connectivity index (χ0v) is 12.1. The summed E-state index contributed by atoms with van der Waals surface area (Å²) in [5.74, 6) is 0. The van der Waals surface area contributed by atoms with E-state index >= 15 is 0 Å². The van der Waals surface area contributed by atoms with Crippen LogP contribution in [0.4, 0.5) is 5.69 Å². The van der Waals surface area contributed by atoms with Gasteiger partial charge in [-0.15, -0.1) is 0 Å². The number of fused-ring (bicyclic) bond motifs is 1. The monoisotopic (exact) mass is 272 g/mol. The summed E-state index contributed by atoms with van der Waals surface area (Å²) >= 11 is 0. The summed E-state index contributed by atoms with van der Waals surface area (Å²) in [6, 6.07) is 9.67. The van der Waals surface area contributed by atoms with Crippen molar-refractivity contribution < 1.29 is 4.74 Å². The number of nitrogens with zero attached hydrogens (tertiary/aromatic N) is 1. The van der Waals surface area contributed by atoms with E-state index in [2.05, 4.69) is 29.2 Å². The van der Waals surface area contributed by atoms with Crippen LogP contribution < -0.4 is 10.6 Å². The number of ether oxygens (including phenoxy) is 1. The molecule has 3 heteroatoms. The van der Waals surface area contributed by atoms with Crippen molar-refractivity contribution in [2.45, 2.75) is 56.2 Å². The molecule has 0 aromatic heterocycles. The van der Waals surface area contributed by atoms with Gasteiger partial charge >= 0.3 is 0 Å². The van der Waals surface area contributed by atoms with Crippen molar-refractivity contribution in [3.8, 4) is 0 Å². The molecule has 3 nitrogen and oxygen atoms in total. The molecule has 1 saturated heterocycles. The maximum absolute atomic E-state index is 6.29. The number of rotatable bonds is 1. The van der Waals surface area contributed by atoms with Gasteiger partial charge in [0, 0.05) is 30.9 Å². The summed E-state index contributed by atoms with van der Waals surface area (Å²) in [4.78, 5) is 2.58. The van der Waals surface area contributed by atoms with Crippen molar-refractivity contribution in [1.82, 2.24) is 0 Å². The first kappa shape index (κ1) is 12.7. The molecule has 3 aliphatic rings. The Hall–Kier alpha value is -1.06. The van der Waals surface area contributed by atoms with Gasteiger partial charge in [0.15, 0.2) is 0 Å². The Balaban J connectivity index is 1.61. The molecule has 0 bridgehead atoms. The van der Waals surface area contributed by atoms with Crippen LogP contribution in [0.5, 0.6) is 0 Å². The number of para-hydroxylation sites is 1. The van der Waals surface area contributed by atoms with E-state index in [9.17, 15) is 0 Å². The number of anilines is 1. The normalized spacial score (nSPS) is 31.8. The molecule has 2 fully saturated rings. The van der Waals surface area contributed by atoms with E-state index in [-0.39, 0.29) is 11.6 Å². The van der Waals surface area contributed by atoms with Gasteiger partial charge in [-0.1, -0.05) is 18.2 Å². The topological polar surface area (TPSA) is 38.5 Å². The fourth-order valence-electron chi connectivity index (χ4n) is 4.19. The molecule has 2 atom stereocenters. The van der Waals surface area contributed by atoms with Crippen molar-refractivity contribution in [3.63, 3.8) is 0 Å². The Labute approximate surface area is 121 Å². The average molecular weight is 272 g/mol. The predicted octanol–water partition coefficient (Wildman–Crippen LogP) is 2.48. The molecule has 0 radical (unpaired) electrons. The molecule has 2 heterocycles. The second-order valence-electron chi connectivity index (χ2n) is 6.78. The highest BCUT2D eigenvalue weighted by atomic mass is 16.5. The Kier molecular flexibility index (Phi) is 3.00. The zero-order chi connectivity index (χ0) is 13.6.